The SMILES string of the molecule is [2H]C([2H])([2H])N1C(=O)c2cccc(Cl)c2[C@H]2C[C@@H]1c1nc3ccc(-c4cnc(C5(C)CCN(C(=O)OC(C)(C)C)C5)nc4)cc3n12. The number of carbonyl (C=O) groups excluding carboxylic acids is 2. The van der Waals surface area contributed by atoms with Crippen LogP contribution < -0.4 is 0 Å². The molecule has 2 aromatic heterocycles. The van der Waals surface area contributed by atoms with Gasteiger partial charge in [0.05, 0.1) is 23.1 Å². The number of benzene rings is 2. The Balaban J connectivity index is 1.24. The summed E-state index contributed by atoms with van der Waals surface area (Å²) in [5, 5.41) is 0.414. The van der Waals surface area contributed by atoms with Crippen LogP contribution in [0.1, 0.15) is 84.3 Å². The lowest BCUT2D eigenvalue weighted by Crippen LogP contribution is -2.37. The lowest BCUT2D eigenvalue weighted by molar-refractivity contribution is 0.0284. The van der Waals surface area contributed by atoms with Gasteiger partial charge in [0.1, 0.15) is 17.2 Å². The quantitative estimate of drug-likeness (QED) is 0.279. The maximum Gasteiger partial charge on any atom is 0.410 e. The molecule has 42 heavy (non-hydrogen) atoms. The van der Waals surface area contributed by atoms with E-state index < -0.39 is 29.9 Å². The summed E-state index contributed by atoms with van der Waals surface area (Å²) in [7, 11) is 0. The first-order valence-corrected chi connectivity index (χ1v) is 14.5. The van der Waals surface area contributed by atoms with Gasteiger partial charge in [-0.1, -0.05) is 30.7 Å². The molecular weight excluding hydrogens is 552 g/mol. The number of rotatable bonds is 2. The number of halogens is 1. The fraction of sp³-hybridized carbons (Fsp3) is 0.406. The Morgan fingerprint density at radius 3 is 2.67 bits per heavy atom. The Morgan fingerprint density at radius 2 is 1.93 bits per heavy atom. The number of amides is 2. The zero-order valence-electron chi connectivity index (χ0n) is 26.9. The summed E-state index contributed by atoms with van der Waals surface area (Å²) in [5.41, 5.74) is 3.11. The van der Waals surface area contributed by atoms with Crippen molar-refractivity contribution in [2.75, 3.05) is 20.1 Å². The smallest absolute Gasteiger partial charge is 0.410 e. The van der Waals surface area contributed by atoms with Gasteiger partial charge in [-0.2, -0.15) is 0 Å². The van der Waals surface area contributed by atoms with Crippen molar-refractivity contribution in [2.24, 2.45) is 0 Å². The second-order valence-electron chi connectivity index (χ2n) is 12.7. The number of carbonyl (C=O) groups is 2. The van der Waals surface area contributed by atoms with E-state index >= 15 is 0 Å². The largest absolute Gasteiger partial charge is 0.444 e. The van der Waals surface area contributed by atoms with Gasteiger partial charge < -0.3 is 19.1 Å². The molecule has 216 valence electrons. The highest BCUT2D eigenvalue weighted by molar-refractivity contribution is 6.32. The van der Waals surface area contributed by atoms with Crippen molar-refractivity contribution >= 4 is 34.6 Å². The number of aromatic nitrogens is 4. The monoisotopic (exact) mass is 587 g/mol. The highest BCUT2D eigenvalue weighted by Gasteiger charge is 2.44. The summed E-state index contributed by atoms with van der Waals surface area (Å²) in [6.45, 7) is 6.00. The third kappa shape index (κ3) is 4.16. The van der Waals surface area contributed by atoms with Crippen LogP contribution >= 0.6 is 11.6 Å². The van der Waals surface area contributed by atoms with Crippen LogP contribution in [0, 0.1) is 0 Å². The fourth-order valence-electron chi connectivity index (χ4n) is 6.49. The van der Waals surface area contributed by atoms with Crippen LogP contribution in [-0.2, 0) is 10.2 Å². The first-order chi connectivity index (χ1) is 21.1. The van der Waals surface area contributed by atoms with E-state index in [0.29, 0.717) is 52.8 Å². The molecule has 2 aromatic carbocycles. The number of fused-ring (bicyclic) bond motifs is 9. The Labute approximate surface area is 253 Å². The van der Waals surface area contributed by atoms with Gasteiger partial charge in [0.2, 0.25) is 0 Å². The zero-order valence-corrected chi connectivity index (χ0v) is 24.6. The van der Waals surface area contributed by atoms with E-state index in [4.69, 9.17) is 35.4 Å². The first-order valence-electron chi connectivity index (χ1n) is 15.6. The first kappa shape index (κ1) is 23.6. The molecule has 1 unspecified atom stereocenters. The Hall–Kier alpha value is -3.98. The zero-order chi connectivity index (χ0) is 32.1. The fourth-order valence-corrected chi connectivity index (χ4v) is 6.79. The number of hydrogen-bond donors (Lipinski definition) is 0. The Kier molecular flexibility index (Phi) is 5.20. The average molecular weight is 588 g/mol. The second kappa shape index (κ2) is 9.26. The maximum absolute atomic E-state index is 13.6. The van der Waals surface area contributed by atoms with Crippen LogP contribution in [0.4, 0.5) is 4.79 Å². The van der Waals surface area contributed by atoms with Gasteiger partial charge in [-0.05, 0) is 57.0 Å². The molecule has 9 nitrogen and oxygen atoms in total. The van der Waals surface area contributed by atoms with Crippen molar-refractivity contribution < 1.29 is 18.4 Å². The summed E-state index contributed by atoms with van der Waals surface area (Å²) >= 11 is 6.69. The normalized spacial score (nSPS) is 24.6. The van der Waals surface area contributed by atoms with E-state index in [2.05, 4.69) is 6.92 Å². The molecular formula is C32H33ClN6O3. The van der Waals surface area contributed by atoms with Crippen molar-refractivity contribution in [1.29, 1.82) is 0 Å². The summed E-state index contributed by atoms with van der Waals surface area (Å²) in [6, 6.07) is 9.77. The topological polar surface area (TPSA) is 93.5 Å². The molecule has 0 aliphatic carbocycles. The minimum atomic E-state index is -2.66. The average Bonchev–Trinajstić information content (AvgIpc) is 3.62. The minimum Gasteiger partial charge on any atom is -0.444 e. The highest BCUT2D eigenvalue weighted by atomic mass is 35.5. The molecule has 0 radical (unpaired) electrons. The molecule has 3 aliphatic rings. The predicted octanol–water partition coefficient (Wildman–Crippen LogP) is 6.17. The molecule has 3 atom stereocenters. The standard InChI is InChI=1S/C32H33ClN6O3/c1-31(2,3)42-30(41)38-12-11-32(4,17-38)29-34-15-19(16-35-29)18-9-10-22-23(13-18)39-24-14-25(27(39)36-22)37(5)28(40)20-7-6-8-21(33)26(20)24/h6-10,13,15-16,24-25H,11-12,14,17H2,1-5H3/t24-,25-,32?/m1/s1/i5D3. The lowest BCUT2D eigenvalue weighted by Gasteiger charge is -2.26. The number of imidazole rings is 1. The van der Waals surface area contributed by atoms with E-state index in [0.717, 1.165) is 28.0 Å². The van der Waals surface area contributed by atoms with E-state index in [-0.39, 0.29) is 12.1 Å². The van der Waals surface area contributed by atoms with E-state index in [9.17, 15) is 9.59 Å². The van der Waals surface area contributed by atoms with Crippen LogP contribution in [0.3, 0.4) is 0 Å². The summed E-state index contributed by atoms with van der Waals surface area (Å²) in [4.78, 5) is 43.2. The number of likely N-dealkylation sites (tertiary alicyclic amines) is 1. The van der Waals surface area contributed by atoms with Gasteiger partial charge in [-0.15, -0.1) is 0 Å². The van der Waals surface area contributed by atoms with Gasteiger partial charge in [0.25, 0.3) is 5.91 Å². The van der Waals surface area contributed by atoms with Gasteiger partial charge in [0, 0.05) is 70.1 Å². The lowest BCUT2D eigenvalue weighted by atomic mass is 9.88. The van der Waals surface area contributed by atoms with Crippen LogP contribution in [0.2, 0.25) is 5.02 Å². The summed E-state index contributed by atoms with van der Waals surface area (Å²) in [5.74, 6) is 0.619. The van der Waals surface area contributed by atoms with Crippen molar-refractivity contribution in [1.82, 2.24) is 29.3 Å². The third-order valence-corrected chi connectivity index (χ3v) is 8.90. The highest BCUT2D eigenvalue weighted by Crippen LogP contribution is 2.49. The van der Waals surface area contributed by atoms with Crippen LogP contribution in [0.15, 0.2) is 48.8 Å². The minimum absolute atomic E-state index is 0.296. The van der Waals surface area contributed by atoms with Crippen LogP contribution in [0.5, 0.6) is 0 Å². The van der Waals surface area contributed by atoms with E-state index in [1.54, 1.807) is 35.5 Å². The molecule has 7 rings (SSSR count). The number of ether oxygens (including phenoxy) is 1. The molecule has 0 spiro atoms. The third-order valence-electron chi connectivity index (χ3n) is 8.57. The summed E-state index contributed by atoms with van der Waals surface area (Å²) in [6.07, 6.45) is 4.33. The Bertz CT molecular complexity index is 1870. The predicted molar refractivity (Wildman–Crippen MR) is 160 cm³/mol. The molecule has 4 aromatic rings. The molecule has 0 N–H and O–H groups in total. The molecule has 0 saturated carbocycles. The molecule has 1 fully saturated rings. The van der Waals surface area contributed by atoms with Gasteiger partial charge in [0.15, 0.2) is 0 Å². The van der Waals surface area contributed by atoms with Crippen molar-refractivity contribution in [2.45, 2.75) is 63.6 Å². The molecule has 10 heteroatoms. The van der Waals surface area contributed by atoms with Crippen molar-refractivity contribution in [3.8, 4) is 11.1 Å². The van der Waals surface area contributed by atoms with Gasteiger partial charge >= 0.3 is 6.09 Å². The number of nitrogens with zero attached hydrogens (tertiary/aromatic N) is 6. The molecule has 2 amide bonds. The molecule has 1 saturated heterocycles. The maximum atomic E-state index is 13.6. The van der Waals surface area contributed by atoms with E-state index in [1.807, 2.05) is 43.5 Å². The molecule has 3 aliphatic heterocycles. The summed E-state index contributed by atoms with van der Waals surface area (Å²) < 4.78 is 32.2. The van der Waals surface area contributed by atoms with Crippen molar-refractivity contribution in [3.05, 3.63) is 76.6 Å². The van der Waals surface area contributed by atoms with Crippen LogP contribution in [0.25, 0.3) is 22.2 Å². The number of hydrogen-bond acceptors (Lipinski definition) is 6. The van der Waals surface area contributed by atoms with Gasteiger partial charge in [-0.3, -0.25) is 4.79 Å². The molecule has 5 heterocycles. The second-order valence-corrected chi connectivity index (χ2v) is 13.1. The van der Waals surface area contributed by atoms with Gasteiger partial charge in [-0.25, -0.2) is 19.7 Å². The van der Waals surface area contributed by atoms with Crippen LogP contribution in [-0.4, -0.2) is 67.0 Å². The van der Waals surface area contributed by atoms with E-state index in [1.165, 1.54) is 0 Å². The Morgan fingerprint density at radius 1 is 1.14 bits per heavy atom. The molecule has 2 bridgehead atoms. The van der Waals surface area contributed by atoms with Crippen molar-refractivity contribution in [3.63, 3.8) is 0 Å².